The van der Waals surface area contributed by atoms with E-state index in [2.05, 4.69) is 40.3 Å². The Labute approximate surface area is 158 Å². The maximum absolute atomic E-state index is 12.6. The molecule has 0 saturated carbocycles. The van der Waals surface area contributed by atoms with Gasteiger partial charge in [0.05, 0.1) is 17.2 Å². The van der Waals surface area contributed by atoms with Gasteiger partial charge in [0.1, 0.15) is 11.8 Å². The van der Waals surface area contributed by atoms with Gasteiger partial charge in [-0.05, 0) is 41.8 Å². The Balaban J connectivity index is 1.84. The predicted molar refractivity (Wildman–Crippen MR) is 106 cm³/mol. The van der Waals surface area contributed by atoms with E-state index in [1.807, 2.05) is 18.2 Å². The van der Waals surface area contributed by atoms with Crippen molar-refractivity contribution in [2.45, 2.75) is 19.8 Å². The number of carbonyl (C=O) groups excluding carboxylic acids is 1. The minimum Gasteiger partial charge on any atom is -0.463 e. The number of nitrogens with one attached hydrogen (secondary N) is 1. The molecular formula is C20H17BrN2O3. The number of hydrogen-bond acceptors (Lipinski definition) is 4. The highest BCUT2D eigenvalue weighted by Crippen LogP contribution is 2.19. The normalized spacial score (nSPS) is 11.4. The summed E-state index contributed by atoms with van der Waals surface area (Å²) in [5.74, 6) is -0.0598. The summed E-state index contributed by atoms with van der Waals surface area (Å²) in [6, 6.07) is 12.5. The molecule has 0 saturated heterocycles. The van der Waals surface area contributed by atoms with E-state index < -0.39 is 0 Å². The van der Waals surface area contributed by atoms with E-state index in [0.717, 1.165) is 10.0 Å². The average molecular weight is 413 g/mol. The average Bonchev–Trinajstić information content (AvgIpc) is 2.63. The molecule has 6 heteroatoms. The zero-order chi connectivity index (χ0) is 18.7. The summed E-state index contributed by atoms with van der Waals surface area (Å²) in [5, 5.41) is 4.37. The molecule has 0 bridgehead atoms. The van der Waals surface area contributed by atoms with E-state index in [-0.39, 0.29) is 16.9 Å². The van der Waals surface area contributed by atoms with Crippen LogP contribution in [0.15, 0.2) is 67.5 Å². The minimum absolute atomic E-state index is 0.186. The Bertz CT molecular complexity index is 1050. The molecule has 0 aliphatic heterocycles. The topological polar surface area (TPSA) is 71.7 Å². The van der Waals surface area contributed by atoms with Crippen molar-refractivity contribution in [3.8, 4) is 0 Å². The molecule has 5 nitrogen and oxygen atoms in total. The fourth-order valence-electron chi connectivity index (χ4n) is 2.47. The Kier molecular flexibility index (Phi) is 5.32. The number of hydrazone groups is 1. The first-order chi connectivity index (χ1) is 12.5. The third kappa shape index (κ3) is 3.91. The van der Waals surface area contributed by atoms with Crippen LogP contribution in [0.5, 0.6) is 0 Å². The highest BCUT2D eigenvalue weighted by atomic mass is 79.9. The number of halogens is 1. The van der Waals surface area contributed by atoms with Gasteiger partial charge in [-0.2, -0.15) is 5.10 Å². The van der Waals surface area contributed by atoms with Crippen LogP contribution in [0.4, 0.5) is 0 Å². The van der Waals surface area contributed by atoms with E-state index >= 15 is 0 Å². The van der Waals surface area contributed by atoms with E-state index in [1.165, 1.54) is 12.5 Å². The number of nitrogens with zero attached hydrogens (tertiary/aromatic N) is 1. The molecule has 2 aromatic carbocycles. The van der Waals surface area contributed by atoms with Crippen LogP contribution in [-0.2, 0) is 0 Å². The molecule has 1 aromatic heterocycles. The van der Waals surface area contributed by atoms with E-state index in [4.69, 9.17) is 4.42 Å². The Morgan fingerprint density at radius 1 is 1.23 bits per heavy atom. The third-order valence-electron chi connectivity index (χ3n) is 3.95. The minimum atomic E-state index is -0.366. The van der Waals surface area contributed by atoms with Crippen molar-refractivity contribution in [1.29, 1.82) is 0 Å². The van der Waals surface area contributed by atoms with Crippen LogP contribution in [0.2, 0.25) is 0 Å². The summed E-state index contributed by atoms with van der Waals surface area (Å²) in [6.45, 7) is 4.12. The number of rotatable bonds is 4. The van der Waals surface area contributed by atoms with Crippen LogP contribution in [0.25, 0.3) is 11.0 Å². The van der Waals surface area contributed by atoms with E-state index in [1.54, 1.807) is 24.3 Å². The molecule has 0 radical (unpaired) electrons. The van der Waals surface area contributed by atoms with Crippen LogP contribution in [0.1, 0.15) is 41.3 Å². The standard InChI is InChI=1S/C20H17BrN2O3/c1-12(2)13-6-7-18-17(9-13)19(24)15(11-26-18)10-22-23-20(25)14-4-3-5-16(21)8-14/h3-12H,1-2H3,(H,23,25)/b22-10+. The van der Waals surface area contributed by atoms with Crippen molar-refractivity contribution >= 4 is 39.0 Å². The third-order valence-corrected chi connectivity index (χ3v) is 4.44. The maximum Gasteiger partial charge on any atom is 0.271 e. The molecule has 3 rings (SSSR count). The van der Waals surface area contributed by atoms with Crippen molar-refractivity contribution in [3.05, 3.63) is 80.1 Å². The van der Waals surface area contributed by atoms with Gasteiger partial charge in [0, 0.05) is 10.0 Å². The molecule has 0 atom stereocenters. The smallest absolute Gasteiger partial charge is 0.271 e. The number of benzene rings is 2. The second-order valence-corrected chi connectivity index (χ2v) is 7.06. The van der Waals surface area contributed by atoms with Gasteiger partial charge in [0.25, 0.3) is 5.91 Å². The van der Waals surface area contributed by atoms with Gasteiger partial charge in [-0.15, -0.1) is 0 Å². The maximum atomic E-state index is 12.6. The van der Waals surface area contributed by atoms with Crippen molar-refractivity contribution < 1.29 is 9.21 Å². The number of carbonyl (C=O) groups is 1. The van der Waals surface area contributed by atoms with Gasteiger partial charge in [0.2, 0.25) is 5.43 Å². The number of hydrogen-bond donors (Lipinski definition) is 1. The second kappa shape index (κ2) is 7.66. The highest BCUT2D eigenvalue weighted by Gasteiger charge is 2.09. The SMILES string of the molecule is CC(C)c1ccc2occ(/C=N/NC(=O)c3cccc(Br)c3)c(=O)c2c1. The van der Waals surface area contributed by atoms with Gasteiger partial charge in [0.15, 0.2) is 0 Å². The second-order valence-electron chi connectivity index (χ2n) is 6.14. The molecule has 132 valence electrons. The van der Waals surface area contributed by atoms with Crippen LogP contribution in [0.3, 0.4) is 0 Å². The zero-order valence-corrected chi connectivity index (χ0v) is 15.9. The lowest BCUT2D eigenvalue weighted by Crippen LogP contribution is -2.18. The van der Waals surface area contributed by atoms with E-state index in [0.29, 0.717) is 22.5 Å². The van der Waals surface area contributed by atoms with Crippen molar-refractivity contribution in [2.24, 2.45) is 5.10 Å². The number of amides is 1. The van der Waals surface area contributed by atoms with Crippen LogP contribution in [0, 0.1) is 0 Å². The van der Waals surface area contributed by atoms with Crippen LogP contribution in [-0.4, -0.2) is 12.1 Å². The van der Waals surface area contributed by atoms with Gasteiger partial charge in [-0.25, -0.2) is 5.43 Å². The molecule has 0 aliphatic rings. The van der Waals surface area contributed by atoms with Crippen molar-refractivity contribution in [2.75, 3.05) is 0 Å². The molecule has 0 spiro atoms. The molecule has 1 heterocycles. The predicted octanol–water partition coefficient (Wildman–Crippen LogP) is 4.44. The summed E-state index contributed by atoms with van der Waals surface area (Å²) in [6.07, 6.45) is 2.64. The molecule has 0 unspecified atom stereocenters. The lowest BCUT2D eigenvalue weighted by atomic mass is 10.0. The van der Waals surface area contributed by atoms with Crippen molar-refractivity contribution in [1.82, 2.24) is 5.43 Å². The molecule has 1 amide bonds. The molecule has 0 aliphatic carbocycles. The number of fused-ring (bicyclic) bond motifs is 1. The van der Waals surface area contributed by atoms with Gasteiger partial charge < -0.3 is 4.42 Å². The quantitative estimate of drug-likeness (QED) is 0.508. The van der Waals surface area contributed by atoms with Gasteiger partial charge in [-0.3, -0.25) is 9.59 Å². The molecular weight excluding hydrogens is 396 g/mol. The fraction of sp³-hybridized carbons (Fsp3) is 0.150. The monoisotopic (exact) mass is 412 g/mol. The van der Waals surface area contributed by atoms with Gasteiger partial charge in [-0.1, -0.05) is 41.9 Å². The van der Waals surface area contributed by atoms with Crippen molar-refractivity contribution in [3.63, 3.8) is 0 Å². The van der Waals surface area contributed by atoms with Crippen LogP contribution < -0.4 is 10.9 Å². The molecule has 26 heavy (non-hydrogen) atoms. The lowest BCUT2D eigenvalue weighted by Gasteiger charge is -2.06. The fourth-order valence-corrected chi connectivity index (χ4v) is 2.87. The first-order valence-electron chi connectivity index (χ1n) is 8.10. The summed E-state index contributed by atoms with van der Waals surface area (Å²) in [7, 11) is 0. The lowest BCUT2D eigenvalue weighted by molar-refractivity contribution is 0.0955. The first-order valence-corrected chi connectivity index (χ1v) is 8.89. The molecule has 0 fully saturated rings. The van der Waals surface area contributed by atoms with Gasteiger partial charge >= 0.3 is 0 Å². The zero-order valence-electron chi connectivity index (χ0n) is 14.3. The summed E-state index contributed by atoms with van der Waals surface area (Å²) >= 11 is 3.31. The Morgan fingerprint density at radius 3 is 2.77 bits per heavy atom. The largest absolute Gasteiger partial charge is 0.463 e. The summed E-state index contributed by atoms with van der Waals surface area (Å²) in [4.78, 5) is 24.7. The molecule has 3 aromatic rings. The summed E-state index contributed by atoms with van der Waals surface area (Å²) < 4.78 is 6.30. The Morgan fingerprint density at radius 2 is 2.04 bits per heavy atom. The summed E-state index contributed by atoms with van der Waals surface area (Å²) in [5.41, 5.74) is 4.54. The molecule has 1 N–H and O–H groups in total. The van der Waals surface area contributed by atoms with Crippen LogP contribution >= 0.6 is 15.9 Å². The highest BCUT2D eigenvalue weighted by molar-refractivity contribution is 9.10. The van der Waals surface area contributed by atoms with E-state index in [9.17, 15) is 9.59 Å². The Hall–Kier alpha value is -2.73. The first kappa shape index (κ1) is 18.1.